The quantitative estimate of drug-likeness (QED) is 0.706. The van der Waals surface area contributed by atoms with Crippen LogP contribution in [0.5, 0.6) is 0 Å². The number of hydrogen-bond donors (Lipinski definition) is 2. The van der Waals surface area contributed by atoms with Crippen LogP contribution in [0.15, 0.2) is 0 Å². The molecule has 1 heterocycles. The molecule has 0 aromatic heterocycles. The highest BCUT2D eigenvalue weighted by Gasteiger charge is 2.27. The number of hydrogen-bond acceptors (Lipinski definition) is 3. The summed E-state index contributed by atoms with van der Waals surface area (Å²) in [7, 11) is 0. The number of carbonyl (C=O) groups excluding carboxylic acids is 1. The second-order valence-electron chi connectivity index (χ2n) is 5.10. The van der Waals surface area contributed by atoms with Gasteiger partial charge in [-0.15, -0.1) is 0 Å². The van der Waals surface area contributed by atoms with Crippen molar-refractivity contribution in [3.05, 3.63) is 0 Å². The molecule has 2 N–H and O–H groups in total. The predicted octanol–water partition coefficient (Wildman–Crippen LogP) is 0.775. The molecule has 0 aliphatic carbocycles. The molecule has 4 heteroatoms. The third-order valence-corrected chi connectivity index (χ3v) is 2.98. The maximum absolute atomic E-state index is 11.7. The Kier molecular flexibility index (Phi) is 5.22. The van der Waals surface area contributed by atoms with Crippen LogP contribution in [0.4, 0.5) is 0 Å². The highest BCUT2D eigenvalue weighted by Crippen LogP contribution is 2.15. The first-order valence-electron chi connectivity index (χ1n) is 6.13. The molecule has 16 heavy (non-hydrogen) atoms. The molecule has 1 fully saturated rings. The predicted molar refractivity (Wildman–Crippen MR) is 64.3 cm³/mol. The Morgan fingerprint density at radius 2 is 2.25 bits per heavy atom. The van der Waals surface area contributed by atoms with Gasteiger partial charge in [-0.1, -0.05) is 0 Å². The zero-order valence-electron chi connectivity index (χ0n) is 10.6. The first kappa shape index (κ1) is 13.5. The van der Waals surface area contributed by atoms with Gasteiger partial charge in [0.1, 0.15) is 0 Å². The van der Waals surface area contributed by atoms with Gasteiger partial charge < -0.3 is 15.4 Å². The molecule has 1 atom stereocenters. The monoisotopic (exact) mass is 228 g/mol. The van der Waals surface area contributed by atoms with E-state index >= 15 is 0 Å². The lowest BCUT2D eigenvalue weighted by Gasteiger charge is -2.24. The molecule has 0 aromatic carbocycles. The van der Waals surface area contributed by atoms with Crippen LogP contribution in [0, 0.1) is 11.3 Å². The Balaban J connectivity index is 2.21. The van der Waals surface area contributed by atoms with Gasteiger partial charge in [0.05, 0.1) is 12.0 Å². The molecule has 0 radical (unpaired) electrons. The lowest BCUT2D eigenvalue weighted by molar-refractivity contribution is -0.129. The van der Waals surface area contributed by atoms with E-state index in [-0.39, 0.29) is 11.3 Å². The molecular formula is C12H24N2O2. The summed E-state index contributed by atoms with van der Waals surface area (Å²) >= 11 is 0. The number of carbonyl (C=O) groups is 1. The van der Waals surface area contributed by atoms with Crippen LogP contribution in [0.3, 0.4) is 0 Å². The minimum atomic E-state index is -0.338. The maximum atomic E-state index is 11.7. The van der Waals surface area contributed by atoms with E-state index < -0.39 is 0 Å². The van der Waals surface area contributed by atoms with E-state index in [1.165, 1.54) is 0 Å². The van der Waals surface area contributed by atoms with Crippen LogP contribution in [-0.4, -0.2) is 38.8 Å². The normalized spacial score (nSPS) is 21.1. The molecule has 1 aliphatic heterocycles. The van der Waals surface area contributed by atoms with Crippen LogP contribution in [0.1, 0.15) is 27.2 Å². The van der Waals surface area contributed by atoms with Gasteiger partial charge in [-0.25, -0.2) is 0 Å². The van der Waals surface area contributed by atoms with Crippen molar-refractivity contribution < 1.29 is 9.53 Å². The first-order chi connectivity index (χ1) is 7.56. The zero-order chi connectivity index (χ0) is 12.0. The van der Waals surface area contributed by atoms with Crippen LogP contribution < -0.4 is 10.6 Å². The molecule has 0 saturated carbocycles. The fourth-order valence-electron chi connectivity index (χ4n) is 1.81. The lowest BCUT2D eigenvalue weighted by atomic mass is 9.92. The van der Waals surface area contributed by atoms with E-state index in [4.69, 9.17) is 4.74 Å². The molecule has 1 saturated heterocycles. The molecule has 1 aliphatic rings. The summed E-state index contributed by atoms with van der Waals surface area (Å²) in [5.74, 6) is 0.732. The Labute approximate surface area is 98.1 Å². The van der Waals surface area contributed by atoms with Gasteiger partial charge in [0.15, 0.2) is 0 Å². The average molecular weight is 228 g/mol. The molecule has 0 spiro atoms. The summed E-state index contributed by atoms with van der Waals surface area (Å²) < 4.78 is 5.31. The standard InChI is InChI=1S/C12H24N2O2/c1-4-14-11(15)12(2,3)9-13-7-10-5-6-16-8-10/h10,13H,4-9H2,1-3H3,(H,14,15). The van der Waals surface area contributed by atoms with E-state index in [1.54, 1.807) is 0 Å². The fourth-order valence-corrected chi connectivity index (χ4v) is 1.81. The maximum Gasteiger partial charge on any atom is 0.226 e. The Morgan fingerprint density at radius 1 is 1.50 bits per heavy atom. The van der Waals surface area contributed by atoms with Gasteiger partial charge in [0.2, 0.25) is 5.91 Å². The van der Waals surface area contributed by atoms with Crippen LogP contribution in [-0.2, 0) is 9.53 Å². The molecule has 0 bridgehead atoms. The number of amides is 1. The van der Waals surface area contributed by atoms with Crippen molar-refractivity contribution in [3.8, 4) is 0 Å². The van der Waals surface area contributed by atoms with Crippen molar-refractivity contribution in [2.75, 3.05) is 32.8 Å². The Bertz CT molecular complexity index is 223. The van der Waals surface area contributed by atoms with E-state index in [2.05, 4.69) is 10.6 Å². The van der Waals surface area contributed by atoms with Gasteiger partial charge in [0, 0.05) is 26.2 Å². The molecular weight excluding hydrogens is 204 g/mol. The van der Waals surface area contributed by atoms with Crippen molar-refractivity contribution in [1.29, 1.82) is 0 Å². The molecule has 4 nitrogen and oxygen atoms in total. The largest absolute Gasteiger partial charge is 0.381 e. The minimum Gasteiger partial charge on any atom is -0.381 e. The Hall–Kier alpha value is -0.610. The van der Waals surface area contributed by atoms with Gasteiger partial charge in [-0.3, -0.25) is 4.79 Å². The molecule has 94 valence electrons. The Morgan fingerprint density at radius 3 is 2.81 bits per heavy atom. The first-order valence-corrected chi connectivity index (χ1v) is 6.13. The highest BCUT2D eigenvalue weighted by atomic mass is 16.5. The second-order valence-corrected chi connectivity index (χ2v) is 5.10. The smallest absolute Gasteiger partial charge is 0.226 e. The van der Waals surface area contributed by atoms with E-state index in [1.807, 2.05) is 20.8 Å². The minimum absolute atomic E-state index is 0.116. The van der Waals surface area contributed by atoms with E-state index in [9.17, 15) is 4.79 Å². The van der Waals surface area contributed by atoms with Crippen molar-refractivity contribution >= 4 is 5.91 Å². The average Bonchev–Trinajstić information content (AvgIpc) is 2.70. The summed E-state index contributed by atoms with van der Waals surface area (Å²) in [5.41, 5.74) is -0.338. The SMILES string of the molecule is CCNC(=O)C(C)(C)CNCC1CCOC1. The van der Waals surface area contributed by atoms with E-state index in [0.717, 1.165) is 32.7 Å². The summed E-state index contributed by atoms with van der Waals surface area (Å²) in [4.78, 5) is 11.7. The van der Waals surface area contributed by atoms with Gasteiger partial charge in [-0.05, 0) is 33.1 Å². The number of rotatable bonds is 6. The third-order valence-electron chi connectivity index (χ3n) is 2.98. The molecule has 1 rings (SSSR count). The molecule has 1 unspecified atom stereocenters. The summed E-state index contributed by atoms with van der Waals surface area (Å²) in [6.07, 6.45) is 1.13. The third kappa shape index (κ3) is 4.10. The van der Waals surface area contributed by atoms with Crippen LogP contribution in [0.2, 0.25) is 0 Å². The van der Waals surface area contributed by atoms with E-state index in [0.29, 0.717) is 12.5 Å². The topological polar surface area (TPSA) is 50.4 Å². The van der Waals surface area contributed by atoms with Crippen molar-refractivity contribution in [3.63, 3.8) is 0 Å². The summed E-state index contributed by atoms with van der Waals surface area (Å²) in [5, 5.41) is 6.23. The van der Waals surface area contributed by atoms with Crippen molar-refractivity contribution in [2.45, 2.75) is 27.2 Å². The highest BCUT2D eigenvalue weighted by molar-refractivity contribution is 5.81. The number of ether oxygens (including phenoxy) is 1. The van der Waals surface area contributed by atoms with Gasteiger partial charge in [0.25, 0.3) is 0 Å². The van der Waals surface area contributed by atoms with Crippen LogP contribution >= 0.6 is 0 Å². The van der Waals surface area contributed by atoms with Crippen LogP contribution in [0.25, 0.3) is 0 Å². The summed E-state index contributed by atoms with van der Waals surface area (Å²) in [6.45, 7) is 9.97. The fraction of sp³-hybridized carbons (Fsp3) is 0.917. The molecule has 0 aromatic rings. The summed E-state index contributed by atoms with van der Waals surface area (Å²) in [6, 6.07) is 0. The van der Waals surface area contributed by atoms with Gasteiger partial charge in [-0.2, -0.15) is 0 Å². The van der Waals surface area contributed by atoms with Crippen molar-refractivity contribution in [1.82, 2.24) is 10.6 Å². The van der Waals surface area contributed by atoms with Gasteiger partial charge >= 0.3 is 0 Å². The lowest BCUT2D eigenvalue weighted by Crippen LogP contribution is -2.44. The zero-order valence-corrected chi connectivity index (χ0v) is 10.6. The second kappa shape index (κ2) is 6.21. The van der Waals surface area contributed by atoms with Crippen molar-refractivity contribution in [2.24, 2.45) is 11.3 Å². The number of nitrogens with one attached hydrogen (secondary N) is 2. The molecule has 1 amide bonds.